The Morgan fingerprint density at radius 2 is 2.09 bits per heavy atom. The lowest BCUT2D eigenvalue weighted by Gasteiger charge is -2.35. The van der Waals surface area contributed by atoms with Crippen molar-refractivity contribution in [2.75, 3.05) is 0 Å². The summed E-state index contributed by atoms with van der Waals surface area (Å²) in [6.45, 7) is 10.7. The molecule has 0 bridgehead atoms. The normalized spacial score (nSPS) is 27.5. The zero-order chi connectivity index (χ0) is 16.1. The van der Waals surface area contributed by atoms with Crippen molar-refractivity contribution in [1.29, 1.82) is 0 Å². The van der Waals surface area contributed by atoms with Gasteiger partial charge in [0, 0.05) is 24.4 Å². The fourth-order valence-electron chi connectivity index (χ4n) is 3.14. The molecule has 122 valence electrons. The largest absolute Gasteiger partial charge is 0.333 e. The van der Waals surface area contributed by atoms with Crippen molar-refractivity contribution >= 4 is 12.1 Å². The van der Waals surface area contributed by atoms with Crippen LogP contribution in [0.15, 0.2) is 29.4 Å². The number of amides is 1. The Labute approximate surface area is 135 Å². The molecule has 1 aliphatic heterocycles. The number of allylic oxidation sites excluding steroid dienone is 1. The smallest absolute Gasteiger partial charge is 0.226 e. The number of hydrogen-bond donors (Lipinski definition) is 0. The first-order valence-electron chi connectivity index (χ1n) is 8.75. The zero-order valence-electron chi connectivity index (χ0n) is 14.3. The first-order chi connectivity index (χ1) is 10.5. The van der Waals surface area contributed by atoms with Gasteiger partial charge in [0.1, 0.15) is 0 Å². The first-order valence-corrected chi connectivity index (χ1v) is 8.75. The van der Waals surface area contributed by atoms with Crippen LogP contribution in [0.4, 0.5) is 0 Å². The van der Waals surface area contributed by atoms with E-state index in [2.05, 4.69) is 43.3 Å². The van der Waals surface area contributed by atoms with Crippen molar-refractivity contribution < 1.29 is 4.79 Å². The van der Waals surface area contributed by atoms with Gasteiger partial charge in [-0.05, 0) is 44.1 Å². The van der Waals surface area contributed by atoms with Crippen molar-refractivity contribution in [2.24, 2.45) is 16.8 Å². The van der Waals surface area contributed by atoms with Crippen LogP contribution < -0.4 is 0 Å². The molecule has 3 atom stereocenters. The molecule has 22 heavy (non-hydrogen) atoms. The van der Waals surface area contributed by atoms with E-state index in [9.17, 15) is 4.79 Å². The van der Waals surface area contributed by atoms with E-state index in [4.69, 9.17) is 0 Å². The standard InChI is InChI=1S/C19H30N2O/c1-5-14(2)11-12-20-13-15(3)18-10-9-16(4)21(18)19(22)17-7-6-8-17/h11-14,16-18H,3,5-10H2,1-2,4H3/b12-11-,20-13?. The molecular formula is C19H30N2O. The van der Waals surface area contributed by atoms with E-state index in [1.807, 2.05) is 12.4 Å². The number of likely N-dealkylation sites (tertiary alicyclic amines) is 1. The van der Waals surface area contributed by atoms with Gasteiger partial charge in [-0.15, -0.1) is 0 Å². The molecule has 2 rings (SSSR count). The van der Waals surface area contributed by atoms with E-state index in [-0.39, 0.29) is 12.0 Å². The molecule has 0 spiro atoms. The molecule has 1 saturated carbocycles. The van der Waals surface area contributed by atoms with Gasteiger partial charge in [0.25, 0.3) is 0 Å². The lowest BCUT2D eigenvalue weighted by molar-refractivity contribution is -0.140. The van der Waals surface area contributed by atoms with Gasteiger partial charge >= 0.3 is 0 Å². The molecule has 3 nitrogen and oxygen atoms in total. The highest BCUT2D eigenvalue weighted by Crippen LogP contribution is 2.35. The summed E-state index contributed by atoms with van der Waals surface area (Å²) in [4.78, 5) is 19.1. The molecule has 1 amide bonds. The number of carbonyl (C=O) groups excluding carboxylic acids is 1. The predicted octanol–water partition coefficient (Wildman–Crippen LogP) is 4.35. The Morgan fingerprint density at radius 3 is 2.68 bits per heavy atom. The second-order valence-corrected chi connectivity index (χ2v) is 6.90. The molecule has 0 aromatic rings. The lowest BCUT2D eigenvalue weighted by atomic mass is 9.84. The Morgan fingerprint density at radius 1 is 1.36 bits per heavy atom. The van der Waals surface area contributed by atoms with Crippen LogP contribution in [0.1, 0.15) is 59.3 Å². The highest BCUT2D eigenvalue weighted by Gasteiger charge is 2.39. The first kappa shape index (κ1) is 17.0. The number of rotatable bonds is 6. The van der Waals surface area contributed by atoms with Gasteiger partial charge in [-0.3, -0.25) is 9.79 Å². The topological polar surface area (TPSA) is 32.7 Å². The molecular weight excluding hydrogens is 272 g/mol. The van der Waals surface area contributed by atoms with Crippen LogP contribution in [-0.2, 0) is 4.79 Å². The summed E-state index contributed by atoms with van der Waals surface area (Å²) in [5.41, 5.74) is 0.964. The molecule has 2 fully saturated rings. The minimum Gasteiger partial charge on any atom is -0.333 e. The fourth-order valence-corrected chi connectivity index (χ4v) is 3.14. The third-order valence-corrected chi connectivity index (χ3v) is 5.19. The maximum atomic E-state index is 12.6. The average Bonchev–Trinajstić information content (AvgIpc) is 2.82. The Balaban J connectivity index is 1.96. The third-order valence-electron chi connectivity index (χ3n) is 5.19. The van der Waals surface area contributed by atoms with E-state index in [0.717, 1.165) is 37.7 Å². The molecule has 1 aliphatic carbocycles. The molecule has 1 heterocycles. The highest BCUT2D eigenvalue weighted by atomic mass is 16.2. The van der Waals surface area contributed by atoms with Gasteiger partial charge < -0.3 is 4.90 Å². The minimum absolute atomic E-state index is 0.142. The molecule has 0 N–H and O–H groups in total. The van der Waals surface area contributed by atoms with Gasteiger partial charge in [-0.1, -0.05) is 39.3 Å². The van der Waals surface area contributed by atoms with Crippen LogP contribution in [0.5, 0.6) is 0 Å². The second-order valence-electron chi connectivity index (χ2n) is 6.90. The second kappa shape index (κ2) is 7.75. The summed E-state index contributed by atoms with van der Waals surface area (Å²) in [6, 6.07) is 0.475. The maximum absolute atomic E-state index is 12.6. The van der Waals surface area contributed by atoms with Crippen LogP contribution in [0.2, 0.25) is 0 Å². The van der Waals surface area contributed by atoms with E-state index in [1.165, 1.54) is 6.42 Å². The summed E-state index contributed by atoms with van der Waals surface area (Å²) in [6.07, 6.45) is 12.3. The summed E-state index contributed by atoms with van der Waals surface area (Å²) in [7, 11) is 0. The average molecular weight is 302 g/mol. The number of nitrogens with zero attached hydrogens (tertiary/aromatic N) is 2. The lowest BCUT2D eigenvalue weighted by Crippen LogP contribution is -2.45. The van der Waals surface area contributed by atoms with Gasteiger partial charge in [0.05, 0.1) is 6.04 Å². The van der Waals surface area contributed by atoms with Crippen LogP contribution >= 0.6 is 0 Å². The van der Waals surface area contributed by atoms with Crippen molar-refractivity contribution in [3.05, 3.63) is 24.4 Å². The SMILES string of the molecule is C=C(C=N/C=C\C(C)CC)C1CCC(C)N1C(=O)C1CCC1. The number of hydrogen-bond acceptors (Lipinski definition) is 2. The number of aliphatic imine (C=N–C) groups is 1. The summed E-state index contributed by atoms with van der Waals surface area (Å²) in [5, 5.41) is 0. The van der Waals surface area contributed by atoms with Crippen molar-refractivity contribution in [3.8, 4) is 0 Å². The van der Waals surface area contributed by atoms with Gasteiger partial charge in [-0.25, -0.2) is 0 Å². The summed E-state index contributed by atoms with van der Waals surface area (Å²) in [5.74, 6) is 1.15. The molecule has 1 saturated heterocycles. The summed E-state index contributed by atoms with van der Waals surface area (Å²) < 4.78 is 0. The fraction of sp³-hybridized carbons (Fsp3) is 0.684. The van der Waals surface area contributed by atoms with E-state index in [1.54, 1.807) is 0 Å². The number of carbonyl (C=O) groups is 1. The zero-order valence-corrected chi connectivity index (χ0v) is 14.3. The van der Waals surface area contributed by atoms with Crippen molar-refractivity contribution in [2.45, 2.75) is 71.4 Å². The summed E-state index contributed by atoms with van der Waals surface area (Å²) >= 11 is 0. The van der Waals surface area contributed by atoms with Crippen LogP contribution in [-0.4, -0.2) is 29.1 Å². The van der Waals surface area contributed by atoms with Crippen LogP contribution in [0, 0.1) is 11.8 Å². The predicted molar refractivity (Wildman–Crippen MR) is 92.9 cm³/mol. The monoisotopic (exact) mass is 302 g/mol. The molecule has 0 radical (unpaired) electrons. The highest BCUT2D eigenvalue weighted by molar-refractivity contribution is 5.85. The van der Waals surface area contributed by atoms with Gasteiger partial charge in [-0.2, -0.15) is 0 Å². The van der Waals surface area contributed by atoms with E-state index in [0.29, 0.717) is 17.9 Å². The van der Waals surface area contributed by atoms with Crippen molar-refractivity contribution in [1.82, 2.24) is 4.90 Å². The van der Waals surface area contributed by atoms with Crippen molar-refractivity contribution in [3.63, 3.8) is 0 Å². The molecule has 3 unspecified atom stereocenters. The van der Waals surface area contributed by atoms with E-state index >= 15 is 0 Å². The third kappa shape index (κ3) is 3.88. The minimum atomic E-state index is 0.142. The Kier molecular flexibility index (Phi) is 5.98. The molecule has 0 aromatic heterocycles. The molecule has 0 aromatic carbocycles. The van der Waals surface area contributed by atoms with Crippen LogP contribution in [0.3, 0.4) is 0 Å². The quantitative estimate of drug-likeness (QED) is 0.671. The van der Waals surface area contributed by atoms with Gasteiger partial charge in [0.15, 0.2) is 0 Å². The Bertz CT molecular complexity index is 462. The molecule has 2 aliphatic rings. The van der Waals surface area contributed by atoms with E-state index < -0.39 is 0 Å². The van der Waals surface area contributed by atoms with Gasteiger partial charge in [0.2, 0.25) is 5.91 Å². The maximum Gasteiger partial charge on any atom is 0.226 e. The van der Waals surface area contributed by atoms with Crippen LogP contribution in [0.25, 0.3) is 0 Å². The molecule has 3 heteroatoms. The Hall–Kier alpha value is -1.38.